The first-order valence-corrected chi connectivity index (χ1v) is 5.04. The third-order valence-electron chi connectivity index (χ3n) is 1.01. The van der Waals surface area contributed by atoms with Crippen LogP contribution < -0.4 is 0 Å². The SMILES string of the molecule is [2H]/C1=C(\C)SCCSC([2H])C1=O. The molecule has 1 nitrogen and oxygen atoms in total. The number of allylic oxidation sites excluding steroid dienone is 2. The van der Waals surface area contributed by atoms with Crippen LogP contribution in [-0.2, 0) is 4.79 Å². The first kappa shape index (κ1) is 5.72. The molecule has 0 amide bonds. The Morgan fingerprint density at radius 2 is 2.60 bits per heavy atom. The van der Waals surface area contributed by atoms with Gasteiger partial charge in [0.25, 0.3) is 0 Å². The highest BCUT2D eigenvalue weighted by Crippen LogP contribution is 2.19. The lowest BCUT2D eigenvalue weighted by Crippen LogP contribution is -2.02. The molecule has 56 valence electrons. The van der Waals surface area contributed by atoms with Crippen LogP contribution in [0.5, 0.6) is 0 Å². The summed E-state index contributed by atoms with van der Waals surface area (Å²) in [6.07, 6.45) is 0. The maximum absolute atomic E-state index is 11.2. The Kier molecular flexibility index (Phi) is 2.34. The number of ketones is 1. The molecule has 0 radical (unpaired) electrons. The monoisotopic (exact) mass is 176 g/mol. The summed E-state index contributed by atoms with van der Waals surface area (Å²) < 4.78 is 14.8. The fourth-order valence-electron chi connectivity index (χ4n) is 0.617. The van der Waals surface area contributed by atoms with E-state index in [9.17, 15) is 4.79 Å². The van der Waals surface area contributed by atoms with Crippen molar-refractivity contribution in [3.05, 3.63) is 11.0 Å². The molecule has 10 heavy (non-hydrogen) atoms. The first-order chi connectivity index (χ1) is 5.63. The predicted molar refractivity (Wildman–Crippen MR) is 48.5 cm³/mol. The van der Waals surface area contributed by atoms with Crippen molar-refractivity contribution in [3.8, 4) is 0 Å². The van der Waals surface area contributed by atoms with Crippen molar-refractivity contribution >= 4 is 29.3 Å². The number of rotatable bonds is 0. The van der Waals surface area contributed by atoms with Gasteiger partial charge in [-0.3, -0.25) is 4.79 Å². The minimum atomic E-state index is -0.784. The maximum atomic E-state index is 11.2. The van der Waals surface area contributed by atoms with Gasteiger partial charge in [0, 0.05) is 12.9 Å². The molecule has 1 aliphatic heterocycles. The highest BCUT2D eigenvalue weighted by Gasteiger charge is 2.03. The third-order valence-corrected chi connectivity index (χ3v) is 3.03. The Hall–Kier alpha value is 0.110. The topological polar surface area (TPSA) is 17.1 Å². The summed E-state index contributed by atoms with van der Waals surface area (Å²) in [7, 11) is 0. The molecule has 0 bridgehead atoms. The largest absolute Gasteiger partial charge is 0.294 e. The van der Waals surface area contributed by atoms with Crippen LogP contribution in [0.25, 0.3) is 0 Å². The second kappa shape index (κ2) is 4.09. The van der Waals surface area contributed by atoms with Crippen LogP contribution in [0.4, 0.5) is 0 Å². The van der Waals surface area contributed by atoms with Crippen LogP contribution in [-0.4, -0.2) is 23.0 Å². The first-order valence-electron chi connectivity index (χ1n) is 4.09. The van der Waals surface area contributed by atoms with Crippen LogP contribution in [0.2, 0.25) is 0 Å². The molecular formula is C7H10OS2. The molecule has 0 aromatic carbocycles. The normalized spacial score (nSPS) is 39.7. The Morgan fingerprint density at radius 1 is 1.80 bits per heavy atom. The summed E-state index contributed by atoms with van der Waals surface area (Å²) in [5.74, 6) is 1.35. The van der Waals surface area contributed by atoms with Crippen molar-refractivity contribution in [2.24, 2.45) is 0 Å². The molecule has 3 heteroatoms. The van der Waals surface area contributed by atoms with Gasteiger partial charge in [0.05, 0.1) is 7.10 Å². The zero-order valence-corrected chi connectivity index (χ0v) is 7.35. The van der Waals surface area contributed by atoms with Gasteiger partial charge in [-0.25, -0.2) is 0 Å². The lowest BCUT2D eigenvalue weighted by Gasteiger charge is -2.04. The van der Waals surface area contributed by atoms with Gasteiger partial charge in [0.15, 0.2) is 5.78 Å². The van der Waals surface area contributed by atoms with Gasteiger partial charge in [0.2, 0.25) is 0 Å². The lowest BCUT2D eigenvalue weighted by molar-refractivity contribution is -0.112. The summed E-state index contributed by atoms with van der Waals surface area (Å²) in [4.78, 5) is 12.0. The van der Waals surface area contributed by atoms with Crippen molar-refractivity contribution in [2.75, 3.05) is 17.2 Å². The van der Waals surface area contributed by atoms with Crippen molar-refractivity contribution in [3.63, 3.8) is 0 Å². The van der Waals surface area contributed by atoms with E-state index in [1.165, 1.54) is 23.5 Å². The van der Waals surface area contributed by atoms with E-state index >= 15 is 0 Å². The molecule has 0 spiro atoms. The zero-order valence-electron chi connectivity index (χ0n) is 7.72. The molecule has 1 unspecified atom stereocenters. The van der Waals surface area contributed by atoms with E-state index in [1.54, 1.807) is 6.92 Å². The van der Waals surface area contributed by atoms with Crippen molar-refractivity contribution in [1.29, 1.82) is 0 Å². The van der Waals surface area contributed by atoms with Gasteiger partial charge < -0.3 is 0 Å². The van der Waals surface area contributed by atoms with E-state index in [-0.39, 0.29) is 11.8 Å². The molecule has 1 atom stereocenters. The Morgan fingerprint density at radius 3 is 3.40 bits per heavy atom. The number of thioether (sulfide) groups is 2. The van der Waals surface area contributed by atoms with E-state index in [0.29, 0.717) is 0 Å². The van der Waals surface area contributed by atoms with E-state index in [2.05, 4.69) is 0 Å². The fourth-order valence-corrected chi connectivity index (χ4v) is 2.14. The van der Waals surface area contributed by atoms with E-state index in [1.807, 2.05) is 0 Å². The van der Waals surface area contributed by atoms with Crippen LogP contribution in [0.15, 0.2) is 11.0 Å². The van der Waals surface area contributed by atoms with Gasteiger partial charge in [0.1, 0.15) is 0 Å². The molecule has 0 saturated carbocycles. The van der Waals surface area contributed by atoms with Crippen LogP contribution in [0.3, 0.4) is 0 Å². The Bertz CT molecular complexity index is 227. The standard InChI is InChI=1S/C7H10OS2/c1-6-4-7(8)5-9-2-3-10-6/h4H,2-3,5H2,1H3/b6-4-/i4D,5D. The number of carbonyl (C=O) groups is 1. The van der Waals surface area contributed by atoms with Gasteiger partial charge in [-0.05, 0) is 17.9 Å². The summed E-state index contributed by atoms with van der Waals surface area (Å²) in [6, 6.07) is 0.0206. The van der Waals surface area contributed by atoms with Gasteiger partial charge in [-0.15, -0.1) is 11.8 Å². The van der Waals surface area contributed by atoms with Crippen LogP contribution in [0.1, 0.15) is 9.67 Å². The van der Waals surface area contributed by atoms with E-state index in [0.717, 1.165) is 16.4 Å². The molecule has 0 saturated heterocycles. The van der Waals surface area contributed by atoms with Crippen molar-refractivity contribution in [2.45, 2.75) is 6.92 Å². The number of hydrogen-bond donors (Lipinski definition) is 0. The average Bonchev–Trinajstić information content (AvgIpc) is 2.07. The van der Waals surface area contributed by atoms with Crippen LogP contribution >= 0.6 is 23.5 Å². The van der Waals surface area contributed by atoms with Gasteiger partial charge in [-0.1, -0.05) is 0 Å². The summed E-state index contributed by atoms with van der Waals surface area (Å²) in [5.41, 5.74) is -0.784. The van der Waals surface area contributed by atoms with E-state index in [4.69, 9.17) is 2.74 Å². The number of carbonyl (C=O) groups excluding carboxylic acids is 1. The molecule has 0 aromatic heterocycles. The summed E-state index contributed by atoms with van der Waals surface area (Å²) >= 11 is 2.84. The molecule has 0 aliphatic carbocycles. The van der Waals surface area contributed by atoms with E-state index < -0.39 is 5.73 Å². The molecule has 1 heterocycles. The quantitative estimate of drug-likeness (QED) is 0.561. The lowest BCUT2D eigenvalue weighted by atomic mass is 10.4. The van der Waals surface area contributed by atoms with Crippen molar-refractivity contribution < 1.29 is 7.54 Å². The molecule has 0 aromatic rings. The number of hydrogen-bond acceptors (Lipinski definition) is 3. The molecule has 0 N–H and O–H groups in total. The molecule has 1 aliphatic rings. The Labute approximate surface area is 72.5 Å². The second-order valence-corrected chi connectivity index (χ2v) is 4.17. The fraction of sp³-hybridized carbons (Fsp3) is 0.571. The predicted octanol–water partition coefficient (Wildman–Crippen LogP) is 1.94. The minimum Gasteiger partial charge on any atom is -0.294 e. The van der Waals surface area contributed by atoms with Crippen LogP contribution in [0, 0.1) is 0 Å². The molecule has 1 rings (SSSR count). The minimum absolute atomic E-state index is 0.0206. The van der Waals surface area contributed by atoms with Gasteiger partial charge in [-0.2, -0.15) is 11.8 Å². The average molecular weight is 176 g/mol. The third kappa shape index (κ3) is 2.80. The van der Waals surface area contributed by atoms with Crippen molar-refractivity contribution in [1.82, 2.24) is 0 Å². The van der Waals surface area contributed by atoms with Gasteiger partial charge >= 0.3 is 0 Å². The highest BCUT2D eigenvalue weighted by molar-refractivity contribution is 8.05. The smallest absolute Gasteiger partial charge is 0.166 e. The summed E-state index contributed by atoms with van der Waals surface area (Å²) in [6.45, 7) is 1.77. The molecular weight excluding hydrogens is 164 g/mol. The maximum Gasteiger partial charge on any atom is 0.166 e. The highest BCUT2D eigenvalue weighted by atomic mass is 32.2. The zero-order chi connectivity index (χ0) is 9.14. The second-order valence-electron chi connectivity index (χ2n) is 1.88. The Balaban J connectivity index is 2.84. The molecule has 0 fully saturated rings. The summed E-state index contributed by atoms with van der Waals surface area (Å²) in [5, 5.41) is 0.